The normalized spacial score (nSPS) is 19.9. The highest BCUT2D eigenvalue weighted by Crippen LogP contribution is 2.32. The number of ether oxygens (including phenoxy) is 1. The maximum atomic E-state index is 13.8. The highest BCUT2D eigenvalue weighted by atomic mass is 79.9. The first-order valence-electron chi connectivity index (χ1n) is 6.07. The van der Waals surface area contributed by atoms with Crippen molar-refractivity contribution in [3.63, 3.8) is 0 Å². The van der Waals surface area contributed by atoms with Gasteiger partial charge in [0.25, 0.3) is 0 Å². The van der Waals surface area contributed by atoms with E-state index in [2.05, 4.69) is 21.2 Å². The summed E-state index contributed by atoms with van der Waals surface area (Å²) in [5, 5.41) is 3.36. The Morgan fingerprint density at radius 3 is 2.83 bits per heavy atom. The summed E-state index contributed by atoms with van der Waals surface area (Å²) in [5.41, 5.74) is 0.579. The maximum absolute atomic E-state index is 13.8. The van der Waals surface area contributed by atoms with Gasteiger partial charge in [0.15, 0.2) is 11.6 Å². The van der Waals surface area contributed by atoms with Gasteiger partial charge in [-0.15, -0.1) is 0 Å². The van der Waals surface area contributed by atoms with Gasteiger partial charge in [-0.05, 0) is 47.8 Å². The largest absolute Gasteiger partial charge is 0.493 e. The van der Waals surface area contributed by atoms with Crippen LogP contribution in [0.15, 0.2) is 10.5 Å². The van der Waals surface area contributed by atoms with Crippen LogP contribution in [-0.4, -0.2) is 19.7 Å². The van der Waals surface area contributed by atoms with Crippen LogP contribution in [0.2, 0.25) is 0 Å². The number of nitrogens with one attached hydrogen (secondary N) is 1. The third kappa shape index (κ3) is 2.83. The molecular weight excluding hydrogens is 304 g/mol. The smallest absolute Gasteiger partial charge is 0.182 e. The molecule has 0 saturated carbocycles. The van der Waals surface area contributed by atoms with Crippen LogP contribution in [0.3, 0.4) is 0 Å². The first kappa shape index (κ1) is 13.7. The van der Waals surface area contributed by atoms with Crippen molar-refractivity contribution in [2.75, 3.05) is 13.7 Å². The molecule has 0 amide bonds. The fourth-order valence-electron chi connectivity index (χ4n) is 2.36. The zero-order valence-electron chi connectivity index (χ0n) is 10.2. The van der Waals surface area contributed by atoms with Gasteiger partial charge < -0.3 is 10.1 Å². The van der Waals surface area contributed by atoms with E-state index in [0.717, 1.165) is 25.8 Å². The molecule has 1 fully saturated rings. The average molecular weight is 320 g/mol. The van der Waals surface area contributed by atoms with Gasteiger partial charge in [-0.25, -0.2) is 8.78 Å². The van der Waals surface area contributed by atoms with Crippen molar-refractivity contribution >= 4 is 15.9 Å². The summed E-state index contributed by atoms with van der Waals surface area (Å²) in [4.78, 5) is 0. The molecule has 5 heteroatoms. The van der Waals surface area contributed by atoms with Crippen LogP contribution in [0.4, 0.5) is 8.78 Å². The highest BCUT2D eigenvalue weighted by molar-refractivity contribution is 9.10. The number of hydrogen-bond donors (Lipinski definition) is 1. The van der Waals surface area contributed by atoms with Gasteiger partial charge in [0, 0.05) is 11.6 Å². The van der Waals surface area contributed by atoms with Gasteiger partial charge in [-0.1, -0.05) is 6.42 Å². The third-order valence-corrected chi connectivity index (χ3v) is 4.00. The molecule has 1 aromatic carbocycles. The summed E-state index contributed by atoms with van der Waals surface area (Å²) >= 11 is 2.88. The molecule has 100 valence electrons. The van der Waals surface area contributed by atoms with Crippen molar-refractivity contribution in [1.29, 1.82) is 0 Å². The lowest BCUT2D eigenvalue weighted by atomic mass is 9.97. The molecule has 1 aliphatic rings. The van der Waals surface area contributed by atoms with Crippen LogP contribution in [-0.2, 0) is 6.42 Å². The summed E-state index contributed by atoms with van der Waals surface area (Å²) in [6, 6.07) is 1.62. The Balaban J connectivity index is 2.25. The number of hydrogen-bond acceptors (Lipinski definition) is 2. The molecule has 0 spiro atoms. The van der Waals surface area contributed by atoms with Crippen LogP contribution >= 0.6 is 15.9 Å². The molecule has 2 nitrogen and oxygen atoms in total. The lowest BCUT2D eigenvalue weighted by molar-refractivity contribution is 0.362. The Kier molecular flexibility index (Phi) is 4.56. The summed E-state index contributed by atoms with van der Waals surface area (Å²) in [5.74, 6) is -1.11. The van der Waals surface area contributed by atoms with Gasteiger partial charge in [0.2, 0.25) is 0 Å². The lowest BCUT2D eigenvalue weighted by Crippen LogP contribution is -2.35. The molecule has 1 saturated heterocycles. The standard InChI is InChI=1S/C13H16BrF2NO/c1-18-13-8(6-9-4-2-3-5-17-9)7-10(15)11(14)12(13)16/h7,9,17H,2-6H2,1H3. The minimum atomic E-state index is -0.664. The average Bonchev–Trinajstić information content (AvgIpc) is 2.38. The highest BCUT2D eigenvalue weighted by Gasteiger charge is 2.21. The van der Waals surface area contributed by atoms with Crippen molar-refractivity contribution in [3.05, 3.63) is 27.7 Å². The zero-order valence-corrected chi connectivity index (χ0v) is 11.8. The second kappa shape index (κ2) is 5.97. The van der Waals surface area contributed by atoms with Crippen molar-refractivity contribution in [1.82, 2.24) is 5.32 Å². The van der Waals surface area contributed by atoms with E-state index in [1.54, 1.807) is 0 Å². The van der Waals surface area contributed by atoms with Crippen LogP contribution in [0.25, 0.3) is 0 Å². The molecule has 1 unspecified atom stereocenters. The number of benzene rings is 1. The number of halogens is 3. The van der Waals surface area contributed by atoms with Gasteiger partial charge in [-0.3, -0.25) is 0 Å². The molecule has 2 rings (SSSR count). The van der Waals surface area contributed by atoms with E-state index >= 15 is 0 Å². The number of rotatable bonds is 3. The molecular formula is C13H16BrF2NO. The van der Waals surface area contributed by atoms with E-state index in [-0.39, 0.29) is 16.3 Å². The van der Waals surface area contributed by atoms with Gasteiger partial charge in [0.05, 0.1) is 11.6 Å². The van der Waals surface area contributed by atoms with Gasteiger partial charge >= 0.3 is 0 Å². The van der Waals surface area contributed by atoms with Crippen LogP contribution in [0.1, 0.15) is 24.8 Å². The SMILES string of the molecule is COc1c(CC2CCCCN2)cc(F)c(Br)c1F. The summed E-state index contributed by atoms with van der Waals surface area (Å²) in [6.07, 6.45) is 3.94. The van der Waals surface area contributed by atoms with Crippen LogP contribution in [0, 0.1) is 11.6 Å². The summed E-state index contributed by atoms with van der Waals surface area (Å²) in [7, 11) is 1.40. The number of piperidine rings is 1. The van der Waals surface area contributed by atoms with E-state index in [9.17, 15) is 8.78 Å². The second-order valence-electron chi connectivity index (χ2n) is 4.53. The first-order valence-corrected chi connectivity index (χ1v) is 6.86. The van der Waals surface area contributed by atoms with E-state index < -0.39 is 11.6 Å². The Bertz CT molecular complexity index is 433. The van der Waals surface area contributed by atoms with E-state index in [1.807, 2.05) is 0 Å². The van der Waals surface area contributed by atoms with Crippen molar-refractivity contribution in [2.24, 2.45) is 0 Å². The molecule has 0 bridgehead atoms. The van der Waals surface area contributed by atoms with Crippen molar-refractivity contribution in [2.45, 2.75) is 31.7 Å². The predicted octanol–water partition coefficient (Wildman–Crippen LogP) is 3.42. The molecule has 18 heavy (non-hydrogen) atoms. The van der Waals surface area contributed by atoms with Crippen LogP contribution in [0.5, 0.6) is 5.75 Å². The van der Waals surface area contributed by atoms with E-state index in [4.69, 9.17) is 4.74 Å². The monoisotopic (exact) mass is 319 g/mol. The second-order valence-corrected chi connectivity index (χ2v) is 5.32. The lowest BCUT2D eigenvalue weighted by Gasteiger charge is -2.24. The molecule has 1 atom stereocenters. The summed E-state index contributed by atoms with van der Waals surface area (Å²) in [6.45, 7) is 0.967. The topological polar surface area (TPSA) is 21.3 Å². The Morgan fingerprint density at radius 1 is 1.44 bits per heavy atom. The van der Waals surface area contributed by atoms with Crippen LogP contribution < -0.4 is 10.1 Å². The minimum absolute atomic E-state index is 0.135. The third-order valence-electron chi connectivity index (χ3n) is 3.28. The molecule has 1 heterocycles. The quantitative estimate of drug-likeness (QED) is 0.862. The minimum Gasteiger partial charge on any atom is -0.493 e. The van der Waals surface area contributed by atoms with E-state index in [0.29, 0.717) is 12.0 Å². The molecule has 0 aromatic heterocycles. The molecule has 1 aliphatic heterocycles. The van der Waals surface area contributed by atoms with E-state index in [1.165, 1.54) is 13.2 Å². The Labute approximate surface area is 114 Å². The maximum Gasteiger partial charge on any atom is 0.182 e. The van der Waals surface area contributed by atoms with Gasteiger partial charge in [0.1, 0.15) is 5.82 Å². The molecule has 1 aromatic rings. The van der Waals surface area contributed by atoms with Gasteiger partial charge in [-0.2, -0.15) is 0 Å². The van der Waals surface area contributed by atoms with Crippen molar-refractivity contribution < 1.29 is 13.5 Å². The fourth-order valence-corrected chi connectivity index (χ4v) is 2.66. The Hall–Kier alpha value is -0.680. The molecule has 0 radical (unpaired) electrons. The molecule has 1 N–H and O–H groups in total. The van der Waals surface area contributed by atoms with Crippen molar-refractivity contribution in [3.8, 4) is 5.75 Å². The zero-order chi connectivity index (χ0) is 13.1. The summed E-state index contributed by atoms with van der Waals surface area (Å²) < 4.78 is 32.3. The first-order chi connectivity index (χ1) is 8.63. The fraction of sp³-hybridized carbons (Fsp3) is 0.538. The predicted molar refractivity (Wildman–Crippen MR) is 70.0 cm³/mol. The Morgan fingerprint density at radius 2 is 2.22 bits per heavy atom. The number of methoxy groups -OCH3 is 1. The molecule has 0 aliphatic carbocycles.